The van der Waals surface area contributed by atoms with Gasteiger partial charge in [-0.3, -0.25) is 0 Å². The van der Waals surface area contributed by atoms with Gasteiger partial charge in [-0.05, 0) is 12.1 Å². The molecule has 1 atom stereocenters. The Morgan fingerprint density at radius 2 is 2.53 bits per heavy atom. The number of para-hydroxylation sites is 1. The number of anilines is 1. The summed E-state index contributed by atoms with van der Waals surface area (Å²) in [5.41, 5.74) is 1.02. The Kier molecular flexibility index (Phi) is 3.02. The van der Waals surface area contributed by atoms with Crippen molar-refractivity contribution in [2.24, 2.45) is 0 Å². The number of ether oxygens (including phenoxy) is 1. The SMILES string of the molecule is COc1cccc2c1NC(CC#N)CS2. The maximum atomic E-state index is 8.66. The normalized spacial score (nSPS) is 18.5. The van der Waals surface area contributed by atoms with Crippen LogP contribution in [-0.4, -0.2) is 18.9 Å². The van der Waals surface area contributed by atoms with Crippen molar-refractivity contribution in [3.05, 3.63) is 18.2 Å². The number of nitriles is 1. The van der Waals surface area contributed by atoms with Crippen LogP contribution in [0.5, 0.6) is 5.75 Å². The highest BCUT2D eigenvalue weighted by Gasteiger charge is 2.20. The van der Waals surface area contributed by atoms with E-state index in [1.165, 1.54) is 4.90 Å². The van der Waals surface area contributed by atoms with Crippen molar-refractivity contribution in [3.8, 4) is 11.8 Å². The topological polar surface area (TPSA) is 45.0 Å². The molecule has 3 nitrogen and oxygen atoms in total. The third-order valence-corrected chi connectivity index (χ3v) is 3.55. The Morgan fingerprint density at radius 1 is 1.67 bits per heavy atom. The molecule has 0 radical (unpaired) electrons. The van der Waals surface area contributed by atoms with Gasteiger partial charge in [0.2, 0.25) is 0 Å². The number of benzene rings is 1. The lowest BCUT2D eigenvalue weighted by Crippen LogP contribution is -2.25. The minimum Gasteiger partial charge on any atom is -0.495 e. The second-order valence-electron chi connectivity index (χ2n) is 3.35. The van der Waals surface area contributed by atoms with E-state index in [1.807, 2.05) is 12.1 Å². The molecule has 1 aromatic carbocycles. The van der Waals surface area contributed by atoms with Crippen LogP contribution in [0.2, 0.25) is 0 Å². The molecule has 15 heavy (non-hydrogen) atoms. The molecule has 0 amide bonds. The molecule has 1 aliphatic rings. The molecular weight excluding hydrogens is 208 g/mol. The van der Waals surface area contributed by atoms with Crippen LogP contribution in [0.3, 0.4) is 0 Å². The van der Waals surface area contributed by atoms with Crippen molar-refractivity contribution in [3.63, 3.8) is 0 Å². The molecule has 1 aromatic rings. The first-order valence-electron chi connectivity index (χ1n) is 4.78. The lowest BCUT2D eigenvalue weighted by atomic mass is 10.2. The van der Waals surface area contributed by atoms with E-state index in [0.29, 0.717) is 6.42 Å². The minimum atomic E-state index is 0.226. The van der Waals surface area contributed by atoms with Gasteiger partial charge in [-0.1, -0.05) is 6.07 Å². The summed E-state index contributed by atoms with van der Waals surface area (Å²) >= 11 is 1.77. The average molecular weight is 220 g/mol. The first-order valence-corrected chi connectivity index (χ1v) is 5.77. The molecule has 2 rings (SSSR count). The zero-order valence-electron chi connectivity index (χ0n) is 8.49. The van der Waals surface area contributed by atoms with Gasteiger partial charge in [0.05, 0.1) is 25.3 Å². The molecule has 1 unspecified atom stereocenters. The number of methoxy groups -OCH3 is 1. The summed E-state index contributed by atoms with van der Waals surface area (Å²) < 4.78 is 5.28. The third-order valence-electron chi connectivity index (χ3n) is 2.33. The number of nitrogens with one attached hydrogen (secondary N) is 1. The van der Waals surface area contributed by atoms with E-state index in [1.54, 1.807) is 18.9 Å². The highest BCUT2D eigenvalue weighted by Crippen LogP contribution is 2.39. The largest absolute Gasteiger partial charge is 0.495 e. The van der Waals surface area contributed by atoms with Gasteiger partial charge in [0, 0.05) is 16.7 Å². The second kappa shape index (κ2) is 4.45. The van der Waals surface area contributed by atoms with Crippen LogP contribution in [-0.2, 0) is 0 Å². The van der Waals surface area contributed by atoms with Crippen LogP contribution in [0.4, 0.5) is 5.69 Å². The average Bonchev–Trinajstić information content (AvgIpc) is 2.28. The molecule has 4 heteroatoms. The van der Waals surface area contributed by atoms with E-state index in [-0.39, 0.29) is 6.04 Å². The quantitative estimate of drug-likeness (QED) is 0.831. The smallest absolute Gasteiger partial charge is 0.143 e. The minimum absolute atomic E-state index is 0.226. The van der Waals surface area contributed by atoms with Gasteiger partial charge in [-0.25, -0.2) is 0 Å². The van der Waals surface area contributed by atoms with Gasteiger partial charge in [0.15, 0.2) is 0 Å². The highest BCUT2D eigenvalue weighted by molar-refractivity contribution is 7.99. The van der Waals surface area contributed by atoms with Crippen molar-refractivity contribution in [2.75, 3.05) is 18.2 Å². The predicted molar refractivity (Wildman–Crippen MR) is 61.4 cm³/mol. The van der Waals surface area contributed by atoms with Crippen LogP contribution in [0, 0.1) is 11.3 Å². The lowest BCUT2D eigenvalue weighted by Gasteiger charge is -2.26. The summed E-state index contributed by atoms with van der Waals surface area (Å²) in [4.78, 5) is 1.20. The Bertz CT molecular complexity index is 386. The van der Waals surface area contributed by atoms with Crippen molar-refractivity contribution >= 4 is 17.4 Å². The van der Waals surface area contributed by atoms with Crippen molar-refractivity contribution in [2.45, 2.75) is 17.4 Å². The number of hydrogen-bond donors (Lipinski definition) is 1. The molecule has 0 fully saturated rings. The maximum Gasteiger partial charge on any atom is 0.143 e. The van der Waals surface area contributed by atoms with Gasteiger partial charge < -0.3 is 10.1 Å². The molecular formula is C11H12N2OS. The van der Waals surface area contributed by atoms with E-state index >= 15 is 0 Å². The second-order valence-corrected chi connectivity index (χ2v) is 4.41. The van der Waals surface area contributed by atoms with Crippen LogP contribution < -0.4 is 10.1 Å². The van der Waals surface area contributed by atoms with Gasteiger partial charge in [0.25, 0.3) is 0 Å². The van der Waals surface area contributed by atoms with E-state index < -0.39 is 0 Å². The third kappa shape index (κ3) is 2.02. The van der Waals surface area contributed by atoms with Crippen LogP contribution >= 0.6 is 11.8 Å². The van der Waals surface area contributed by atoms with E-state index in [9.17, 15) is 0 Å². The first-order chi connectivity index (χ1) is 7.35. The fourth-order valence-electron chi connectivity index (χ4n) is 1.60. The van der Waals surface area contributed by atoms with Gasteiger partial charge in [-0.15, -0.1) is 11.8 Å². The van der Waals surface area contributed by atoms with Gasteiger partial charge in [-0.2, -0.15) is 5.26 Å². The fourth-order valence-corrected chi connectivity index (χ4v) is 2.66. The van der Waals surface area contributed by atoms with Crippen molar-refractivity contribution in [1.29, 1.82) is 5.26 Å². The summed E-state index contributed by atoms with van der Waals surface area (Å²) in [6, 6.07) is 8.40. The molecule has 0 aromatic heterocycles. The van der Waals surface area contributed by atoms with Gasteiger partial charge in [0.1, 0.15) is 5.75 Å². The Labute approximate surface area is 93.4 Å². The summed E-state index contributed by atoms with van der Waals surface area (Å²) in [5.74, 6) is 1.79. The van der Waals surface area contributed by atoms with Crippen molar-refractivity contribution in [1.82, 2.24) is 0 Å². The maximum absolute atomic E-state index is 8.66. The van der Waals surface area contributed by atoms with E-state index in [0.717, 1.165) is 17.2 Å². The standard InChI is InChI=1S/C11H12N2OS/c1-14-9-3-2-4-10-11(9)13-8(5-6-12)7-15-10/h2-4,8,13H,5,7H2,1H3. The lowest BCUT2D eigenvalue weighted by molar-refractivity contribution is 0.415. The zero-order valence-corrected chi connectivity index (χ0v) is 9.30. The summed E-state index contributed by atoms with van der Waals surface area (Å²) in [6.07, 6.45) is 0.532. The van der Waals surface area contributed by atoms with Crippen LogP contribution in [0.25, 0.3) is 0 Å². The number of hydrogen-bond acceptors (Lipinski definition) is 4. The highest BCUT2D eigenvalue weighted by atomic mass is 32.2. The monoisotopic (exact) mass is 220 g/mol. The van der Waals surface area contributed by atoms with E-state index in [4.69, 9.17) is 10.00 Å². The number of nitrogens with zero attached hydrogens (tertiary/aromatic N) is 1. The van der Waals surface area contributed by atoms with Crippen LogP contribution in [0.15, 0.2) is 23.1 Å². The van der Waals surface area contributed by atoms with E-state index in [2.05, 4.69) is 17.5 Å². The number of rotatable bonds is 2. The summed E-state index contributed by atoms with van der Waals surface area (Å²) in [6.45, 7) is 0. The molecule has 1 N–H and O–H groups in total. The fraction of sp³-hybridized carbons (Fsp3) is 0.364. The molecule has 0 aliphatic carbocycles. The molecule has 1 heterocycles. The Balaban J connectivity index is 2.27. The van der Waals surface area contributed by atoms with Gasteiger partial charge >= 0.3 is 0 Å². The zero-order chi connectivity index (χ0) is 10.7. The number of thioether (sulfide) groups is 1. The van der Waals surface area contributed by atoms with Crippen LogP contribution in [0.1, 0.15) is 6.42 Å². The molecule has 0 saturated carbocycles. The van der Waals surface area contributed by atoms with Crippen molar-refractivity contribution < 1.29 is 4.74 Å². The Morgan fingerprint density at radius 3 is 3.27 bits per heavy atom. The summed E-state index contributed by atoms with van der Waals surface area (Å²) in [7, 11) is 1.66. The molecule has 0 bridgehead atoms. The molecule has 0 spiro atoms. The molecule has 0 saturated heterocycles. The first kappa shape index (κ1) is 10.2. The number of fused-ring (bicyclic) bond motifs is 1. The molecule has 78 valence electrons. The summed E-state index contributed by atoms with van der Waals surface area (Å²) in [5, 5.41) is 12.0. The Hall–Kier alpha value is -1.34. The predicted octanol–water partition coefficient (Wildman–Crippen LogP) is 2.50. The molecule has 1 aliphatic heterocycles.